The van der Waals surface area contributed by atoms with Crippen LogP contribution in [0.1, 0.15) is 45.4 Å². The molecule has 0 radical (unpaired) electrons. The van der Waals surface area contributed by atoms with Gasteiger partial charge in [0.05, 0.1) is 0 Å². The molecule has 1 N–H and O–H groups in total. The van der Waals surface area contributed by atoms with Crippen LogP contribution in [0.15, 0.2) is 0 Å². The van der Waals surface area contributed by atoms with Crippen molar-refractivity contribution in [2.24, 2.45) is 11.8 Å². The number of piperidine rings is 2. The van der Waals surface area contributed by atoms with Crippen molar-refractivity contribution in [3.63, 3.8) is 0 Å². The van der Waals surface area contributed by atoms with Gasteiger partial charge in [-0.3, -0.25) is 4.79 Å². The minimum atomic E-state index is -0.666. The summed E-state index contributed by atoms with van der Waals surface area (Å²) in [5.74, 6) is 1.04. The molecule has 0 spiro atoms. The zero-order valence-corrected chi connectivity index (χ0v) is 12.9. The summed E-state index contributed by atoms with van der Waals surface area (Å²) >= 11 is 0. The maximum absolute atomic E-state index is 10.6. The van der Waals surface area contributed by atoms with Gasteiger partial charge in [-0.15, -0.1) is 0 Å². The Morgan fingerprint density at radius 2 is 1.90 bits per heavy atom. The summed E-state index contributed by atoms with van der Waals surface area (Å²) < 4.78 is 0. The lowest BCUT2D eigenvalue weighted by Crippen LogP contribution is -2.43. The van der Waals surface area contributed by atoms with E-state index >= 15 is 0 Å². The van der Waals surface area contributed by atoms with E-state index in [4.69, 9.17) is 5.11 Å². The van der Waals surface area contributed by atoms with Gasteiger partial charge in [0.1, 0.15) is 0 Å². The van der Waals surface area contributed by atoms with Crippen molar-refractivity contribution in [1.29, 1.82) is 0 Å². The Labute approximate surface area is 123 Å². The highest BCUT2D eigenvalue weighted by atomic mass is 16.4. The second kappa shape index (κ2) is 7.99. The quantitative estimate of drug-likeness (QED) is 0.812. The fourth-order valence-corrected chi connectivity index (χ4v) is 3.57. The smallest absolute Gasteiger partial charge is 0.303 e. The minimum Gasteiger partial charge on any atom is -0.481 e. The average Bonchev–Trinajstić information content (AvgIpc) is 2.41. The average molecular weight is 282 g/mol. The first-order valence-corrected chi connectivity index (χ1v) is 8.30. The first kappa shape index (κ1) is 15.8. The number of rotatable bonds is 6. The molecule has 2 saturated heterocycles. The highest BCUT2D eigenvalue weighted by Gasteiger charge is 2.23. The van der Waals surface area contributed by atoms with Crippen LogP contribution in [0.2, 0.25) is 0 Å². The van der Waals surface area contributed by atoms with Gasteiger partial charge >= 0.3 is 5.97 Å². The van der Waals surface area contributed by atoms with Gasteiger partial charge in [-0.05, 0) is 70.1 Å². The van der Waals surface area contributed by atoms with E-state index in [1.807, 2.05) is 0 Å². The van der Waals surface area contributed by atoms with E-state index in [9.17, 15) is 4.79 Å². The van der Waals surface area contributed by atoms with Gasteiger partial charge in [-0.25, -0.2) is 0 Å². The molecule has 2 heterocycles. The van der Waals surface area contributed by atoms with Gasteiger partial charge in [-0.1, -0.05) is 6.92 Å². The molecule has 2 fully saturated rings. The summed E-state index contributed by atoms with van der Waals surface area (Å²) in [6.45, 7) is 9.45. The number of carbonyl (C=O) groups is 1. The molecule has 2 aliphatic heterocycles. The monoisotopic (exact) mass is 282 g/mol. The largest absolute Gasteiger partial charge is 0.481 e. The topological polar surface area (TPSA) is 43.8 Å². The molecule has 0 saturated carbocycles. The van der Waals surface area contributed by atoms with Crippen LogP contribution in [0.25, 0.3) is 0 Å². The normalized spacial score (nSPS) is 26.8. The van der Waals surface area contributed by atoms with E-state index in [1.54, 1.807) is 0 Å². The Hall–Kier alpha value is -0.610. The molecular weight excluding hydrogens is 252 g/mol. The van der Waals surface area contributed by atoms with E-state index in [0.717, 1.165) is 31.3 Å². The lowest BCUT2D eigenvalue weighted by Gasteiger charge is -2.37. The Kier molecular flexibility index (Phi) is 6.30. The molecule has 4 heteroatoms. The van der Waals surface area contributed by atoms with Gasteiger partial charge in [0.25, 0.3) is 0 Å². The second-order valence-electron chi connectivity index (χ2n) is 6.79. The molecule has 0 amide bonds. The lowest BCUT2D eigenvalue weighted by molar-refractivity contribution is -0.137. The predicted octanol–water partition coefficient (Wildman–Crippen LogP) is 2.30. The van der Waals surface area contributed by atoms with Crippen LogP contribution in [-0.4, -0.2) is 60.1 Å². The molecule has 0 aromatic rings. The zero-order chi connectivity index (χ0) is 14.4. The molecule has 0 aromatic carbocycles. The minimum absolute atomic E-state index is 0.311. The standard InChI is InChI=1S/C16H30N2O2/c1-14-6-10-18(11-7-14)13-15-4-2-8-17(12-15)9-3-5-16(19)20/h14-15H,2-13H2,1H3,(H,19,20)/t15-/m1/s1. The van der Waals surface area contributed by atoms with Crippen molar-refractivity contribution in [1.82, 2.24) is 9.80 Å². The van der Waals surface area contributed by atoms with Gasteiger partial charge < -0.3 is 14.9 Å². The van der Waals surface area contributed by atoms with Crippen LogP contribution in [0.5, 0.6) is 0 Å². The van der Waals surface area contributed by atoms with E-state index in [-0.39, 0.29) is 0 Å². The first-order valence-electron chi connectivity index (χ1n) is 8.30. The van der Waals surface area contributed by atoms with Crippen LogP contribution >= 0.6 is 0 Å². The molecule has 2 aliphatic rings. The van der Waals surface area contributed by atoms with Gasteiger partial charge in [0, 0.05) is 19.5 Å². The lowest BCUT2D eigenvalue weighted by atomic mass is 9.94. The predicted molar refractivity (Wildman–Crippen MR) is 80.9 cm³/mol. The summed E-state index contributed by atoms with van der Waals surface area (Å²) in [6, 6.07) is 0. The van der Waals surface area contributed by atoms with E-state index in [1.165, 1.54) is 51.9 Å². The summed E-state index contributed by atoms with van der Waals surface area (Å²) in [4.78, 5) is 15.7. The van der Waals surface area contributed by atoms with Crippen molar-refractivity contribution in [3.8, 4) is 0 Å². The van der Waals surface area contributed by atoms with Gasteiger partial charge in [-0.2, -0.15) is 0 Å². The third-order valence-corrected chi connectivity index (χ3v) is 4.86. The molecule has 0 aliphatic carbocycles. The molecule has 20 heavy (non-hydrogen) atoms. The molecule has 0 bridgehead atoms. The van der Waals surface area contributed by atoms with Crippen molar-refractivity contribution in [3.05, 3.63) is 0 Å². The summed E-state index contributed by atoms with van der Waals surface area (Å²) in [5, 5.41) is 8.71. The van der Waals surface area contributed by atoms with Crippen LogP contribution in [0.4, 0.5) is 0 Å². The van der Waals surface area contributed by atoms with E-state index in [0.29, 0.717) is 6.42 Å². The molecule has 4 nitrogen and oxygen atoms in total. The van der Waals surface area contributed by atoms with Crippen molar-refractivity contribution >= 4 is 5.97 Å². The van der Waals surface area contributed by atoms with E-state index < -0.39 is 5.97 Å². The summed E-state index contributed by atoms with van der Waals surface area (Å²) in [7, 11) is 0. The maximum Gasteiger partial charge on any atom is 0.303 e. The second-order valence-corrected chi connectivity index (χ2v) is 6.79. The van der Waals surface area contributed by atoms with Gasteiger partial charge in [0.15, 0.2) is 0 Å². The molecule has 1 atom stereocenters. The number of nitrogens with zero attached hydrogens (tertiary/aromatic N) is 2. The van der Waals surface area contributed by atoms with Crippen molar-refractivity contribution in [2.45, 2.75) is 45.4 Å². The summed E-state index contributed by atoms with van der Waals surface area (Å²) in [6.07, 6.45) is 6.45. The molecule has 0 aromatic heterocycles. The third kappa shape index (κ3) is 5.41. The zero-order valence-electron chi connectivity index (χ0n) is 12.9. The number of hydrogen-bond acceptors (Lipinski definition) is 3. The maximum atomic E-state index is 10.6. The Morgan fingerprint density at radius 3 is 2.60 bits per heavy atom. The van der Waals surface area contributed by atoms with Crippen LogP contribution in [0.3, 0.4) is 0 Å². The fraction of sp³-hybridized carbons (Fsp3) is 0.938. The molecular formula is C16H30N2O2. The molecule has 0 unspecified atom stereocenters. The van der Waals surface area contributed by atoms with Crippen molar-refractivity contribution < 1.29 is 9.90 Å². The highest BCUT2D eigenvalue weighted by molar-refractivity contribution is 5.66. The van der Waals surface area contributed by atoms with Gasteiger partial charge in [0.2, 0.25) is 0 Å². The van der Waals surface area contributed by atoms with E-state index in [2.05, 4.69) is 16.7 Å². The summed E-state index contributed by atoms with van der Waals surface area (Å²) in [5.41, 5.74) is 0. The number of likely N-dealkylation sites (tertiary alicyclic amines) is 2. The number of hydrogen-bond donors (Lipinski definition) is 1. The van der Waals surface area contributed by atoms with Crippen LogP contribution in [0, 0.1) is 11.8 Å². The number of carboxylic acids is 1. The molecule has 2 rings (SSSR count). The SMILES string of the molecule is CC1CCN(C[C@@H]2CCCN(CCCC(=O)O)C2)CC1. The Bertz CT molecular complexity index is 301. The highest BCUT2D eigenvalue weighted by Crippen LogP contribution is 2.21. The Morgan fingerprint density at radius 1 is 1.15 bits per heavy atom. The van der Waals surface area contributed by atoms with Crippen LogP contribution in [-0.2, 0) is 4.79 Å². The number of aliphatic carboxylic acids is 1. The Balaban J connectivity index is 1.66. The van der Waals surface area contributed by atoms with Crippen LogP contribution < -0.4 is 0 Å². The molecule has 116 valence electrons. The number of carboxylic acid groups (broad SMARTS) is 1. The fourth-order valence-electron chi connectivity index (χ4n) is 3.57. The first-order chi connectivity index (χ1) is 9.63. The van der Waals surface area contributed by atoms with Crippen molar-refractivity contribution in [2.75, 3.05) is 39.3 Å². The third-order valence-electron chi connectivity index (χ3n) is 4.86.